The van der Waals surface area contributed by atoms with Gasteiger partial charge in [-0.05, 0) is 47.5 Å². The molecule has 3 rings (SSSR count). The first-order valence-electron chi connectivity index (χ1n) is 8.66. The lowest BCUT2D eigenvalue weighted by Gasteiger charge is -2.07. The monoisotopic (exact) mass is 438 g/mol. The molecule has 0 aromatic heterocycles. The average molecular weight is 439 g/mol. The lowest BCUT2D eigenvalue weighted by atomic mass is 10.2. The molecule has 0 saturated carbocycles. The molecule has 0 unspecified atom stereocenters. The number of rotatable bonds is 8. The van der Waals surface area contributed by atoms with Gasteiger partial charge >= 0.3 is 0 Å². The van der Waals surface area contributed by atoms with E-state index < -0.39 is 0 Å². The van der Waals surface area contributed by atoms with Gasteiger partial charge in [0.05, 0.1) is 6.21 Å². The summed E-state index contributed by atoms with van der Waals surface area (Å²) in [6.07, 6.45) is 1.56. The summed E-state index contributed by atoms with van der Waals surface area (Å²) in [5.74, 6) is 1.03. The van der Waals surface area contributed by atoms with Gasteiger partial charge in [-0.1, -0.05) is 58.4 Å². The van der Waals surface area contributed by atoms with Crippen LogP contribution in [0.15, 0.2) is 88.4 Å². The van der Waals surface area contributed by atoms with Crippen LogP contribution >= 0.6 is 15.9 Å². The number of carbonyl (C=O) groups excluding carboxylic acids is 1. The van der Waals surface area contributed by atoms with Crippen molar-refractivity contribution in [3.05, 3.63) is 94.5 Å². The number of hydrogen-bond acceptors (Lipinski definition) is 4. The number of nitrogens with one attached hydrogen (secondary N) is 1. The van der Waals surface area contributed by atoms with Crippen LogP contribution in [0.3, 0.4) is 0 Å². The van der Waals surface area contributed by atoms with Crippen LogP contribution in [-0.4, -0.2) is 18.7 Å². The zero-order valence-corrected chi connectivity index (χ0v) is 16.6. The van der Waals surface area contributed by atoms with E-state index in [4.69, 9.17) is 9.47 Å². The summed E-state index contributed by atoms with van der Waals surface area (Å²) in [6, 6.07) is 24.6. The summed E-state index contributed by atoms with van der Waals surface area (Å²) in [7, 11) is 0. The second-order valence-electron chi connectivity index (χ2n) is 5.89. The van der Waals surface area contributed by atoms with Crippen molar-refractivity contribution in [3.63, 3.8) is 0 Å². The quantitative estimate of drug-likeness (QED) is 0.414. The maximum absolute atomic E-state index is 11.8. The molecule has 0 atom stereocenters. The maximum Gasteiger partial charge on any atom is 0.277 e. The maximum atomic E-state index is 11.8. The third-order valence-corrected chi connectivity index (χ3v) is 4.16. The number of nitrogens with zero attached hydrogens (tertiary/aromatic N) is 1. The van der Waals surface area contributed by atoms with E-state index in [1.807, 2.05) is 66.7 Å². The predicted octanol–water partition coefficient (Wildman–Crippen LogP) is 4.56. The zero-order valence-electron chi connectivity index (χ0n) is 15.0. The summed E-state index contributed by atoms with van der Waals surface area (Å²) < 4.78 is 12.2. The van der Waals surface area contributed by atoms with Crippen LogP contribution in [0.2, 0.25) is 0 Å². The van der Waals surface area contributed by atoms with Crippen LogP contribution in [0.25, 0.3) is 0 Å². The number of hydrazone groups is 1. The van der Waals surface area contributed by atoms with Crippen molar-refractivity contribution in [3.8, 4) is 11.5 Å². The van der Waals surface area contributed by atoms with Gasteiger partial charge in [0.1, 0.15) is 18.1 Å². The summed E-state index contributed by atoms with van der Waals surface area (Å²) in [6.45, 7) is 0.366. The van der Waals surface area contributed by atoms with Crippen molar-refractivity contribution in [1.29, 1.82) is 0 Å². The molecule has 1 N–H and O–H groups in total. The van der Waals surface area contributed by atoms with E-state index in [0.717, 1.165) is 21.3 Å². The van der Waals surface area contributed by atoms with E-state index in [1.54, 1.807) is 18.3 Å². The lowest BCUT2D eigenvalue weighted by Crippen LogP contribution is -2.24. The smallest absolute Gasteiger partial charge is 0.277 e. The van der Waals surface area contributed by atoms with Gasteiger partial charge in [-0.15, -0.1) is 0 Å². The highest BCUT2D eigenvalue weighted by molar-refractivity contribution is 9.10. The Balaban J connectivity index is 1.47. The van der Waals surface area contributed by atoms with Gasteiger partial charge in [-0.3, -0.25) is 4.79 Å². The molecule has 0 aliphatic heterocycles. The normalized spacial score (nSPS) is 10.6. The van der Waals surface area contributed by atoms with Crippen LogP contribution in [0.4, 0.5) is 0 Å². The molecule has 0 fully saturated rings. The molecule has 5 nitrogen and oxygen atoms in total. The number of para-hydroxylation sites is 1. The molecular weight excluding hydrogens is 420 g/mol. The molecule has 0 aliphatic carbocycles. The zero-order chi connectivity index (χ0) is 19.6. The van der Waals surface area contributed by atoms with Crippen LogP contribution in [0.1, 0.15) is 11.1 Å². The summed E-state index contributed by atoms with van der Waals surface area (Å²) in [4.78, 5) is 11.8. The summed E-state index contributed by atoms with van der Waals surface area (Å²) in [5, 5.41) is 3.96. The second-order valence-corrected chi connectivity index (χ2v) is 6.80. The van der Waals surface area contributed by atoms with Crippen molar-refractivity contribution in [2.24, 2.45) is 5.10 Å². The van der Waals surface area contributed by atoms with Gasteiger partial charge in [-0.2, -0.15) is 5.10 Å². The molecule has 0 bridgehead atoms. The van der Waals surface area contributed by atoms with Gasteiger partial charge in [0.15, 0.2) is 6.61 Å². The van der Waals surface area contributed by atoms with Gasteiger partial charge in [0.25, 0.3) is 5.91 Å². The highest BCUT2D eigenvalue weighted by Crippen LogP contribution is 2.16. The Hall–Kier alpha value is -3.12. The molecule has 3 aromatic carbocycles. The lowest BCUT2D eigenvalue weighted by molar-refractivity contribution is -0.123. The number of ether oxygens (including phenoxy) is 2. The van der Waals surface area contributed by atoms with Gasteiger partial charge in [-0.25, -0.2) is 5.43 Å². The minimum absolute atomic E-state index is 0.100. The Kier molecular flexibility index (Phi) is 7.21. The first kappa shape index (κ1) is 19.6. The second kappa shape index (κ2) is 10.3. The topological polar surface area (TPSA) is 59.9 Å². The number of hydrogen-bond donors (Lipinski definition) is 1. The Morgan fingerprint density at radius 1 is 0.929 bits per heavy atom. The number of halogens is 1. The Morgan fingerprint density at radius 3 is 2.54 bits per heavy atom. The van der Waals surface area contributed by atoms with Crippen molar-refractivity contribution < 1.29 is 14.3 Å². The fourth-order valence-electron chi connectivity index (χ4n) is 2.35. The molecular formula is C22H19BrN2O3. The van der Waals surface area contributed by atoms with Gasteiger partial charge in [0.2, 0.25) is 0 Å². The Morgan fingerprint density at radius 2 is 1.71 bits per heavy atom. The third kappa shape index (κ3) is 6.55. The Labute approximate surface area is 172 Å². The molecule has 3 aromatic rings. The standard InChI is InChI=1S/C22H19BrN2O3/c23-19-8-4-7-18(12-19)15-27-21-11-5-6-17(13-21)14-24-25-22(26)16-28-20-9-2-1-3-10-20/h1-14H,15-16H2,(H,25,26)/b24-14-. The molecule has 0 radical (unpaired) electrons. The molecule has 1 amide bonds. The van der Waals surface area contributed by atoms with E-state index in [2.05, 4.69) is 26.5 Å². The average Bonchev–Trinajstić information content (AvgIpc) is 2.72. The van der Waals surface area contributed by atoms with E-state index >= 15 is 0 Å². The number of amides is 1. The Bertz CT molecular complexity index is 945. The van der Waals surface area contributed by atoms with Crippen molar-refractivity contribution in [1.82, 2.24) is 5.43 Å². The molecule has 6 heteroatoms. The van der Waals surface area contributed by atoms with Crippen LogP contribution in [0, 0.1) is 0 Å². The molecule has 28 heavy (non-hydrogen) atoms. The van der Waals surface area contributed by atoms with Crippen LogP contribution in [0.5, 0.6) is 11.5 Å². The third-order valence-electron chi connectivity index (χ3n) is 3.67. The van der Waals surface area contributed by atoms with E-state index in [-0.39, 0.29) is 12.5 Å². The van der Waals surface area contributed by atoms with E-state index in [9.17, 15) is 4.79 Å². The van der Waals surface area contributed by atoms with Crippen molar-refractivity contribution in [2.75, 3.05) is 6.61 Å². The van der Waals surface area contributed by atoms with E-state index in [1.165, 1.54) is 0 Å². The minimum Gasteiger partial charge on any atom is -0.489 e. The summed E-state index contributed by atoms with van der Waals surface area (Å²) >= 11 is 3.45. The molecule has 142 valence electrons. The van der Waals surface area contributed by atoms with E-state index in [0.29, 0.717) is 12.4 Å². The molecule has 0 saturated heterocycles. The SMILES string of the molecule is O=C(COc1ccccc1)N/N=C\c1cccc(OCc2cccc(Br)c2)c1. The fraction of sp³-hybridized carbons (Fsp3) is 0.0909. The fourth-order valence-corrected chi connectivity index (χ4v) is 2.80. The summed E-state index contributed by atoms with van der Waals surface area (Å²) in [5.41, 5.74) is 4.33. The highest BCUT2D eigenvalue weighted by atomic mass is 79.9. The number of carbonyl (C=O) groups is 1. The highest BCUT2D eigenvalue weighted by Gasteiger charge is 2.01. The van der Waals surface area contributed by atoms with Gasteiger partial charge < -0.3 is 9.47 Å². The molecule has 0 heterocycles. The van der Waals surface area contributed by atoms with Crippen molar-refractivity contribution in [2.45, 2.75) is 6.61 Å². The first-order valence-corrected chi connectivity index (χ1v) is 9.45. The van der Waals surface area contributed by atoms with Crippen LogP contribution in [-0.2, 0) is 11.4 Å². The predicted molar refractivity (Wildman–Crippen MR) is 113 cm³/mol. The number of benzene rings is 3. The first-order chi connectivity index (χ1) is 13.7. The molecule has 0 spiro atoms. The largest absolute Gasteiger partial charge is 0.489 e. The van der Waals surface area contributed by atoms with Crippen LogP contribution < -0.4 is 14.9 Å². The van der Waals surface area contributed by atoms with Crippen molar-refractivity contribution >= 4 is 28.1 Å². The minimum atomic E-state index is -0.331. The van der Waals surface area contributed by atoms with Gasteiger partial charge in [0, 0.05) is 4.47 Å². The molecule has 0 aliphatic rings.